The number of aromatic nitrogens is 2. The van der Waals surface area contributed by atoms with Crippen LogP contribution in [0.5, 0.6) is 0 Å². The molecule has 0 saturated heterocycles. The van der Waals surface area contributed by atoms with E-state index in [-0.39, 0.29) is 24.2 Å². The summed E-state index contributed by atoms with van der Waals surface area (Å²) in [6, 6.07) is 20.8. The van der Waals surface area contributed by atoms with Crippen molar-refractivity contribution in [2.24, 2.45) is 17.8 Å². The van der Waals surface area contributed by atoms with Crippen LogP contribution in [0.4, 0.5) is 0 Å². The van der Waals surface area contributed by atoms with Gasteiger partial charge in [0.15, 0.2) is 5.78 Å². The molecule has 0 amide bonds. The second-order valence-corrected chi connectivity index (χ2v) is 9.68. The van der Waals surface area contributed by atoms with Gasteiger partial charge in [-0.15, -0.1) is 0 Å². The van der Waals surface area contributed by atoms with Crippen LogP contribution in [-0.4, -0.2) is 27.5 Å². The Morgan fingerprint density at radius 3 is 2.68 bits per heavy atom. The first-order valence-electron chi connectivity index (χ1n) is 12.1. The number of hydrogen-bond acceptors (Lipinski definition) is 5. The van der Waals surface area contributed by atoms with Crippen molar-refractivity contribution < 1.29 is 9.90 Å². The molecule has 34 heavy (non-hydrogen) atoms. The predicted octanol–water partition coefficient (Wildman–Crippen LogP) is 4.58. The Morgan fingerprint density at radius 1 is 1.15 bits per heavy atom. The van der Waals surface area contributed by atoms with Gasteiger partial charge in [-0.05, 0) is 55.7 Å². The van der Waals surface area contributed by atoms with E-state index >= 15 is 0 Å². The smallest absolute Gasteiger partial charge is 0.153 e. The molecule has 2 aromatic carbocycles. The van der Waals surface area contributed by atoms with Gasteiger partial charge < -0.3 is 5.11 Å². The van der Waals surface area contributed by atoms with Gasteiger partial charge in [0.05, 0.1) is 17.5 Å². The van der Waals surface area contributed by atoms with Crippen LogP contribution < -0.4 is 0 Å². The van der Waals surface area contributed by atoms with Crippen LogP contribution in [0.3, 0.4) is 0 Å². The van der Waals surface area contributed by atoms with Gasteiger partial charge in [-0.25, -0.2) is 9.97 Å². The van der Waals surface area contributed by atoms with Crippen molar-refractivity contribution in [2.45, 2.75) is 44.9 Å². The summed E-state index contributed by atoms with van der Waals surface area (Å²) >= 11 is 0. The highest BCUT2D eigenvalue weighted by atomic mass is 16.3. The van der Waals surface area contributed by atoms with Crippen LogP contribution in [0.2, 0.25) is 0 Å². The Hall–Kier alpha value is -3.36. The highest BCUT2D eigenvalue weighted by molar-refractivity contribution is 5.87. The minimum atomic E-state index is -0.649. The number of carbonyl (C=O) groups excluding carboxylic acids is 1. The zero-order valence-corrected chi connectivity index (χ0v) is 19.7. The number of ketones is 1. The predicted molar refractivity (Wildman–Crippen MR) is 130 cm³/mol. The lowest BCUT2D eigenvalue weighted by Gasteiger charge is -2.51. The zero-order valence-electron chi connectivity index (χ0n) is 19.7. The number of aliphatic hydroxyl groups is 1. The normalized spacial score (nSPS) is 25.8. The standard InChI is InChI=1S/C29H29N3O2/c1-18-25-12-11-24-26(21-8-6-7-20(15-21)13-14-33)31-19(2)32-28(24)29(25,16-22(17-30)27(18)34)23-9-4-3-5-10-23/h3-10,15,18,22,25,33H,11-14,16H2,1-2H3/t18-,22?,25-,29+/m0/s1. The van der Waals surface area contributed by atoms with Crippen molar-refractivity contribution in [1.29, 1.82) is 5.26 Å². The molecular weight excluding hydrogens is 422 g/mol. The SMILES string of the molecule is Cc1nc(-c2cccc(CCO)c2)c2c(n1)[C@@]1(c3ccccc3)CC(C#N)C(=O)[C@@H](C)[C@@H]1CC2. The van der Waals surface area contributed by atoms with Crippen LogP contribution in [0.1, 0.15) is 48.0 Å². The molecule has 2 aliphatic carbocycles. The Morgan fingerprint density at radius 2 is 1.94 bits per heavy atom. The fourth-order valence-corrected chi connectivity index (χ4v) is 6.34. The van der Waals surface area contributed by atoms with Crippen molar-refractivity contribution in [3.8, 4) is 17.3 Å². The summed E-state index contributed by atoms with van der Waals surface area (Å²) in [5.41, 5.74) is 5.72. The average Bonchev–Trinajstić information content (AvgIpc) is 2.86. The zero-order chi connectivity index (χ0) is 23.9. The molecule has 1 fully saturated rings. The number of nitrogens with zero attached hydrogens (tertiary/aromatic N) is 3. The quantitative estimate of drug-likeness (QED) is 0.627. The van der Waals surface area contributed by atoms with Crippen molar-refractivity contribution in [3.05, 3.63) is 82.8 Å². The summed E-state index contributed by atoms with van der Waals surface area (Å²) in [6.45, 7) is 4.01. The molecule has 2 aliphatic rings. The number of rotatable bonds is 4. The van der Waals surface area contributed by atoms with E-state index in [9.17, 15) is 15.2 Å². The van der Waals surface area contributed by atoms with Gasteiger partial charge in [0, 0.05) is 29.1 Å². The van der Waals surface area contributed by atoms with E-state index in [1.807, 2.05) is 44.2 Å². The first kappa shape index (κ1) is 22.4. The van der Waals surface area contributed by atoms with Crippen molar-refractivity contribution in [3.63, 3.8) is 0 Å². The summed E-state index contributed by atoms with van der Waals surface area (Å²) in [4.78, 5) is 23.0. The Balaban J connectivity index is 1.78. The lowest BCUT2D eigenvalue weighted by molar-refractivity contribution is -0.131. The number of hydrogen-bond donors (Lipinski definition) is 1. The van der Waals surface area contributed by atoms with Gasteiger partial charge in [-0.3, -0.25) is 4.79 Å². The highest BCUT2D eigenvalue weighted by Crippen LogP contribution is 2.56. The number of aliphatic hydroxyl groups excluding tert-OH is 1. The molecule has 1 aromatic heterocycles. The largest absolute Gasteiger partial charge is 0.396 e. The van der Waals surface area contributed by atoms with Crippen molar-refractivity contribution in [1.82, 2.24) is 9.97 Å². The van der Waals surface area contributed by atoms with E-state index in [1.165, 1.54) is 0 Å². The molecule has 5 nitrogen and oxygen atoms in total. The van der Waals surface area contributed by atoms with Crippen molar-refractivity contribution >= 4 is 5.78 Å². The molecule has 1 N–H and O–H groups in total. The first-order valence-corrected chi connectivity index (χ1v) is 12.1. The molecule has 1 heterocycles. The summed E-state index contributed by atoms with van der Waals surface area (Å²) in [5, 5.41) is 19.3. The Kier molecular flexibility index (Phi) is 5.79. The highest BCUT2D eigenvalue weighted by Gasteiger charge is 2.56. The minimum Gasteiger partial charge on any atom is -0.396 e. The lowest BCUT2D eigenvalue weighted by atomic mass is 9.50. The molecule has 0 radical (unpaired) electrons. The van der Waals surface area contributed by atoms with Gasteiger partial charge in [0.25, 0.3) is 0 Å². The summed E-state index contributed by atoms with van der Waals surface area (Å²) in [6.07, 6.45) is 2.69. The molecule has 1 unspecified atom stereocenters. The third-order valence-electron chi connectivity index (χ3n) is 7.85. The van der Waals surface area contributed by atoms with E-state index in [2.05, 4.69) is 30.3 Å². The number of fused-ring (bicyclic) bond motifs is 3. The summed E-state index contributed by atoms with van der Waals surface area (Å²) < 4.78 is 0. The van der Waals surface area contributed by atoms with Crippen molar-refractivity contribution in [2.75, 3.05) is 6.61 Å². The van der Waals surface area contributed by atoms with Gasteiger partial charge >= 0.3 is 0 Å². The Bertz CT molecular complexity index is 1280. The molecule has 172 valence electrons. The van der Waals surface area contributed by atoms with Gasteiger partial charge in [-0.1, -0.05) is 55.5 Å². The van der Waals surface area contributed by atoms with Gasteiger partial charge in [0.1, 0.15) is 11.7 Å². The van der Waals surface area contributed by atoms with E-state index in [0.717, 1.165) is 46.5 Å². The monoisotopic (exact) mass is 451 g/mol. The topological polar surface area (TPSA) is 86.9 Å². The molecule has 3 aromatic rings. The number of nitriles is 1. The van der Waals surface area contributed by atoms with E-state index in [4.69, 9.17) is 9.97 Å². The van der Waals surface area contributed by atoms with Gasteiger partial charge in [0.2, 0.25) is 0 Å². The maximum absolute atomic E-state index is 13.1. The molecule has 0 bridgehead atoms. The molecule has 0 spiro atoms. The first-order chi connectivity index (χ1) is 16.5. The van der Waals surface area contributed by atoms with Crippen LogP contribution >= 0.6 is 0 Å². The number of carbonyl (C=O) groups is 1. The molecular formula is C29H29N3O2. The second kappa shape index (κ2) is 8.77. The van der Waals surface area contributed by atoms with Gasteiger partial charge in [-0.2, -0.15) is 5.26 Å². The number of benzene rings is 2. The maximum Gasteiger partial charge on any atom is 0.153 e. The minimum absolute atomic E-state index is 0.0604. The van der Waals surface area contributed by atoms with E-state index in [0.29, 0.717) is 18.7 Å². The molecule has 5 heteroatoms. The number of Topliss-reactive ketones (excluding diaryl/α,β-unsaturated/α-hetero) is 1. The third-order valence-corrected chi connectivity index (χ3v) is 7.85. The second-order valence-electron chi connectivity index (χ2n) is 9.68. The third kappa shape index (κ3) is 3.45. The fraction of sp³-hybridized carbons (Fsp3) is 0.379. The maximum atomic E-state index is 13.1. The average molecular weight is 452 g/mol. The van der Waals surface area contributed by atoms with Crippen LogP contribution in [0, 0.1) is 36.0 Å². The molecule has 0 aliphatic heterocycles. The Labute approximate surface area is 200 Å². The summed E-state index contributed by atoms with van der Waals surface area (Å²) in [7, 11) is 0. The van der Waals surface area contributed by atoms with Crippen LogP contribution in [0.15, 0.2) is 54.6 Å². The molecule has 1 saturated carbocycles. The van der Waals surface area contributed by atoms with Crippen LogP contribution in [-0.2, 0) is 23.1 Å². The molecule has 5 rings (SSSR count). The fourth-order valence-electron chi connectivity index (χ4n) is 6.34. The van der Waals surface area contributed by atoms with E-state index in [1.54, 1.807) is 0 Å². The lowest BCUT2D eigenvalue weighted by Crippen LogP contribution is -2.53. The molecule has 4 atom stereocenters. The summed E-state index contributed by atoms with van der Waals surface area (Å²) in [5.74, 6) is -0.0229. The number of aryl methyl sites for hydroxylation is 1. The van der Waals surface area contributed by atoms with Crippen LogP contribution in [0.25, 0.3) is 11.3 Å². The van der Waals surface area contributed by atoms with E-state index < -0.39 is 11.3 Å².